The number of benzene rings is 1. The van der Waals surface area contributed by atoms with Gasteiger partial charge < -0.3 is 20.3 Å². The molecule has 0 radical (unpaired) electrons. The average molecular weight is 435 g/mol. The number of H-pyrrole nitrogens is 1. The van der Waals surface area contributed by atoms with Crippen LogP contribution in [0, 0.1) is 11.2 Å². The number of carbonyl (C=O) groups is 1. The molecule has 0 atom stereocenters. The van der Waals surface area contributed by atoms with Crippen molar-refractivity contribution in [3.8, 4) is 0 Å². The minimum atomic E-state index is -0.440. The average Bonchev–Trinajstić information content (AvgIpc) is 3.17. The molecule has 0 bridgehead atoms. The van der Waals surface area contributed by atoms with Gasteiger partial charge in [0.15, 0.2) is 5.13 Å². The molecule has 0 unspecified atom stereocenters. The van der Waals surface area contributed by atoms with Crippen molar-refractivity contribution >= 4 is 44.9 Å². The van der Waals surface area contributed by atoms with Crippen LogP contribution in [0.2, 0.25) is 5.02 Å². The molecule has 1 aliphatic carbocycles. The quantitative estimate of drug-likeness (QED) is 0.570. The second-order valence-corrected chi connectivity index (χ2v) is 9.40. The number of amides is 1. The normalized spacial score (nSPS) is 17.4. The van der Waals surface area contributed by atoms with Crippen LogP contribution < -0.4 is 5.32 Å². The highest BCUT2D eigenvalue weighted by molar-refractivity contribution is 7.15. The molecule has 9 heteroatoms. The Labute approximate surface area is 175 Å². The molecular weight excluding hydrogens is 415 g/mol. The van der Waals surface area contributed by atoms with Gasteiger partial charge in [-0.25, -0.2) is 9.37 Å². The van der Waals surface area contributed by atoms with Crippen molar-refractivity contribution in [3.05, 3.63) is 45.3 Å². The van der Waals surface area contributed by atoms with Crippen LogP contribution in [0.25, 0.3) is 10.9 Å². The molecule has 0 saturated heterocycles. The summed E-state index contributed by atoms with van der Waals surface area (Å²) in [4.78, 5) is 23.5. The monoisotopic (exact) mass is 434 g/mol. The lowest BCUT2D eigenvalue weighted by Gasteiger charge is -2.25. The van der Waals surface area contributed by atoms with E-state index in [1.54, 1.807) is 22.3 Å². The van der Waals surface area contributed by atoms with Gasteiger partial charge >= 0.3 is 0 Å². The van der Waals surface area contributed by atoms with Gasteiger partial charge in [0.05, 0.1) is 29.4 Å². The summed E-state index contributed by atoms with van der Waals surface area (Å²) in [6, 6.07) is 4.26. The highest BCUT2D eigenvalue weighted by Crippen LogP contribution is 2.45. The van der Waals surface area contributed by atoms with Crippen molar-refractivity contribution in [1.82, 2.24) is 14.9 Å². The Bertz CT molecular complexity index is 1110. The van der Waals surface area contributed by atoms with E-state index in [2.05, 4.69) is 15.3 Å². The number of nitrogens with zero attached hydrogens (tertiary/aromatic N) is 2. The van der Waals surface area contributed by atoms with E-state index < -0.39 is 5.82 Å². The first kappa shape index (κ1) is 18.8. The summed E-state index contributed by atoms with van der Waals surface area (Å²) in [5.41, 5.74) is 1.96. The SMILES string of the molecule is O=C(c1cc2c(Cl)cc(F)cc2[nH]1)N1CCc2nc(NCC3(CO)CC3)sc2C1. The van der Waals surface area contributed by atoms with Crippen molar-refractivity contribution in [3.63, 3.8) is 0 Å². The molecule has 1 saturated carbocycles. The number of nitrogens with one attached hydrogen (secondary N) is 2. The zero-order valence-electron chi connectivity index (χ0n) is 15.6. The molecule has 1 aliphatic heterocycles. The molecule has 152 valence electrons. The van der Waals surface area contributed by atoms with E-state index in [9.17, 15) is 14.3 Å². The second-order valence-electron chi connectivity index (χ2n) is 7.91. The van der Waals surface area contributed by atoms with E-state index in [-0.39, 0.29) is 23.0 Å². The first-order valence-electron chi connectivity index (χ1n) is 9.57. The van der Waals surface area contributed by atoms with E-state index in [4.69, 9.17) is 11.6 Å². The molecular formula is C20H20ClFN4O2S. The second kappa shape index (κ2) is 6.97. The van der Waals surface area contributed by atoms with E-state index in [0.29, 0.717) is 36.1 Å². The molecule has 6 nitrogen and oxygen atoms in total. The summed E-state index contributed by atoms with van der Waals surface area (Å²) in [5, 5.41) is 14.6. The van der Waals surface area contributed by atoms with Crippen molar-refractivity contribution < 1.29 is 14.3 Å². The number of halogens is 2. The lowest BCUT2D eigenvalue weighted by molar-refractivity contribution is 0.0731. The maximum absolute atomic E-state index is 13.6. The molecule has 1 amide bonds. The van der Waals surface area contributed by atoms with Crippen molar-refractivity contribution in [2.24, 2.45) is 5.41 Å². The Morgan fingerprint density at radius 3 is 3.00 bits per heavy atom. The van der Waals surface area contributed by atoms with E-state index in [1.807, 2.05) is 0 Å². The highest BCUT2D eigenvalue weighted by atomic mass is 35.5. The van der Waals surface area contributed by atoms with Gasteiger partial charge in [0.1, 0.15) is 11.5 Å². The fourth-order valence-corrected chi connectivity index (χ4v) is 5.00. The van der Waals surface area contributed by atoms with Crippen molar-refractivity contribution in [1.29, 1.82) is 0 Å². The third-order valence-electron chi connectivity index (χ3n) is 5.81. The molecule has 2 aromatic heterocycles. The number of aliphatic hydroxyl groups excluding tert-OH is 1. The van der Waals surface area contributed by atoms with Crippen molar-refractivity contribution in [2.45, 2.75) is 25.8 Å². The van der Waals surface area contributed by atoms with Gasteiger partial charge in [-0.3, -0.25) is 4.79 Å². The number of carbonyl (C=O) groups excluding carboxylic acids is 1. The first-order valence-corrected chi connectivity index (χ1v) is 10.8. The molecule has 3 heterocycles. The predicted octanol–water partition coefficient (Wildman–Crippen LogP) is 3.80. The van der Waals surface area contributed by atoms with E-state index >= 15 is 0 Å². The van der Waals surface area contributed by atoms with Crippen molar-refractivity contribution in [2.75, 3.05) is 25.0 Å². The van der Waals surface area contributed by atoms with Crippen LogP contribution in [-0.2, 0) is 13.0 Å². The summed E-state index contributed by atoms with van der Waals surface area (Å²) in [6.07, 6.45) is 2.78. The third kappa shape index (κ3) is 3.49. The minimum absolute atomic E-state index is 0.0184. The van der Waals surface area contributed by atoms with Crippen LogP contribution in [0.3, 0.4) is 0 Å². The third-order valence-corrected chi connectivity index (χ3v) is 7.16. The topological polar surface area (TPSA) is 81.2 Å². The van der Waals surface area contributed by atoms with E-state index in [0.717, 1.165) is 35.1 Å². The molecule has 2 aliphatic rings. The van der Waals surface area contributed by atoms with Crippen LogP contribution in [0.15, 0.2) is 18.2 Å². The number of rotatable bonds is 5. The molecule has 1 fully saturated rings. The lowest BCUT2D eigenvalue weighted by Crippen LogP contribution is -2.35. The van der Waals surface area contributed by atoms with Crippen LogP contribution in [0.1, 0.15) is 33.9 Å². The summed E-state index contributed by atoms with van der Waals surface area (Å²) in [6.45, 7) is 2.00. The zero-order chi connectivity index (χ0) is 20.2. The number of thiazole rings is 1. The number of hydrogen-bond donors (Lipinski definition) is 3. The Morgan fingerprint density at radius 2 is 2.24 bits per heavy atom. The molecule has 3 N–H and O–H groups in total. The fraction of sp³-hybridized carbons (Fsp3) is 0.400. The standard InChI is InChI=1S/C20H20ClFN4O2S/c21-13-5-11(22)6-15-12(13)7-16(24-15)18(28)26-4-1-14-17(8-26)29-19(25-14)23-9-20(10-27)2-3-20/h5-7,24,27H,1-4,8-10H2,(H,23,25). The van der Waals surface area contributed by atoms with Crippen LogP contribution in [0.4, 0.5) is 9.52 Å². The highest BCUT2D eigenvalue weighted by Gasteiger charge is 2.42. The van der Waals surface area contributed by atoms with Gasteiger partial charge in [-0.15, -0.1) is 0 Å². The van der Waals surface area contributed by atoms with E-state index in [1.165, 1.54) is 12.1 Å². The summed E-state index contributed by atoms with van der Waals surface area (Å²) in [5.74, 6) is -0.576. The van der Waals surface area contributed by atoms with Crippen LogP contribution >= 0.6 is 22.9 Å². The number of aromatic amines is 1. The number of hydrogen-bond acceptors (Lipinski definition) is 5. The van der Waals surface area contributed by atoms with Gasteiger partial charge in [-0.2, -0.15) is 0 Å². The number of anilines is 1. The Hall–Kier alpha value is -2.16. The van der Waals surface area contributed by atoms with Gasteiger partial charge in [-0.1, -0.05) is 22.9 Å². The van der Waals surface area contributed by atoms with Gasteiger partial charge in [-0.05, 0) is 31.0 Å². The minimum Gasteiger partial charge on any atom is -0.396 e. The molecule has 1 aromatic carbocycles. The molecule has 0 spiro atoms. The summed E-state index contributed by atoms with van der Waals surface area (Å²) >= 11 is 7.66. The lowest BCUT2D eigenvalue weighted by atomic mass is 10.1. The molecule has 29 heavy (non-hydrogen) atoms. The summed E-state index contributed by atoms with van der Waals surface area (Å²) in [7, 11) is 0. The maximum atomic E-state index is 13.6. The number of aliphatic hydroxyl groups is 1. The smallest absolute Gasteiger partial charge is 0.270 e. The fourth-order valence-electron chi connectivity index (χ4n) is 3.72. The Balaban J connectivity index is 1.31. The Morgan fingerprint density at radius 1 is 1.41 bits per heavy atom. The molecule has 3 aromatic rings. The largest absolute Gasteiger partial charge is 0.396 e. The Kier molecular flexibility index (Phi) is 4.53. The zero-order valence-corrected chi connectivity index (χ0v) is 17.2. The van der Waals surface area contributed by atoms with Crippen LogP contribution in [-0.4, -0.2) is 45.6 Å². The van der Waals surface area contributed by atoms with Gasteiger partial charge in [0, 0.05) is 35.2 Å². The van der Waals surface area contributed by atoms with Crippen LogP contribution in [0.5, 0.6) is 0 Å². The molecule has 5 rings (SSSR count). The van der Waals surface area contributed by atoms with Gasteiger partial charge in [0.2, 0.25) is 0 Å². The number of fused-ring (bicyclic) bond motifs is 2. The first-order chi connectivity index (χ1) is 14.0. The summed E-state index contributed by atoms with van der Waals surface area (Å²) < 4.78 is 13.6. The maximum Gasteiger partial charge on any atom is 0.270 e. The van der Waals surface area contributed by atoms with Gasteiger partial charge in [0.25, 0.3) is 5.91 Å². The predicted molar refractivity (Wildman–Crippen MR) is 111 cm³/mol. The number of aromatic nitrogens is 2.